The first-order chi connectivity index (χ1) is 11.4. The van der Waals surface area contributed by atoms with Crippen molar-refractivity contribution in [1.29, 1.82) is 5.26 Å². The zero-order chi connectivity index (χ0) is 17.5. The van der Waals surface area contributed by atoms with Crippen LogP contribution in [0.2, 0.25) is 0 Å². The first-order valence-corrected chi connectivity index (χ1v) is 8.26. The molecule has 1 aromatic rings. The average Bonchev–Trinajstić information content (AvgIpc) is 2.50. The Hall–Kier alpha value is -2.21. The van der Waals surface area contributed by atoms with Gasteiger partial charge >= 0.3 is 0 Å². The fourth-order valence-electron chi connectivity index (χ4n) is 3.33. The molecule has 6 nitrogen and oxygen atoms in total. The predicted octanol–water partition coefficient (Wildman–Crippen LogP) is 2.71. The van der Waals surface area contributed by atoms with Gasteiger partial charge < -0.3 is 11.5 Å². The van der Waals surface area contributed by atoms with Crippen molar-refractivity contribution in [2.24, 2.45) is 21.5 Å². The second-order valence-electron chi connectivity index (χ2n) is 5.81. The Morgan fingerprint density at radius 3 is 2.54 bits per heavy atom. The molecule has 126 valence electrons. The van der Waals surface area contributed by atoms with Crippen LogP contribution in [0.25, 0.3) is 0 Å². The van der Waals surface area contributed by atoms with Crippen LogP contribution >= 0.6 is 15.9 Å². The van der Waals surface area contributed by atoms with Crippen molar-refractivity contribution in [3.63, 3.8) is 0 Å². The number of nitriles is 1. The summed E-state index contributed by atoms with van der Waals surface area (Å²) < 4.78 is 28.8. The van der Waals surface area contributed by atoms with Crippen LogP contribution in [0.4, 0.5) is 14.5 Å². The van der Waals surface area contributed by atoms with Crippen LogP contribution < -0.4 is 16.4 Å². The SMILES string of the molecule is N#Cc1c(F)cc(Br)c(N2C(N)=NC(N)=NC23CCCCC3)c1F. The van der Waals surface area contributed by atoms with E-state index < -0.39 is 22.9 Å². The minimum Gasteiger partial charge on any atom is -0.369 e. The molecule has 1 heterocycles. The van der Waals surface area contributed by atoms with E-state index >= 15 is 0 Å². The van der Waals surface area contributed by atoms with Crippen molar-refractivity contribution < 1.29 is 8.78 Å². The molecular formula is C15H15BrF2N6. The first-order valence-electron chi connectivity index (χ1n) is 7.47. The van der Waals surface area contributed by atoms with Gasteiger partial charge in [-0.3, -0.25) is 4.90 Å². The molecule has 2 aliphatic rings. The van der Waals surface area contributed by atoms with E-state index in [1.165, 1.54) is 4.90 Å². The normalized spacial score (nSPS) is 19.7. The minimum atomic E-state index is -0.997. The molecular weight excluding hydrogens is 382 g/mol. The Bertz CT molecular complexity index is 792. The van der Waals surface area contributed by atoms with Crippen molar-refractivity contribution in [1.82, 2.24) is 0 Å². The molecule has 0 unspecified atom stereocenters. The summed E-state index contributed by atoms with van der Waals surface area (Å²) in [5.74, 6) is -1.94. The third-order valence-electron chi connectivity index (χ3n) is 4.33. The van der Waals surface area contributed by atoms with Gasteiger partial charge in [0.25, 0.3) is 0 Å². The molecule has 1 spiro atoms. The van der Waals surface area contributed by atoms with E-state index in [1.54, 1.807) is 6.07 Å². The summed E-state index contributed by atoms with van der Waals surface area (Å²) >= 11 is 3.17. The third kappa shape index (κ3) is 2.51. The minimum absolute atomic E-state index is 0.0282. The van der Waals surface area contributed by atoms with Crippen LogP contribution in [-0.2, 0) is 0 Å². The highest BCUT2D eigenvalue weighted by Gasteiger charge is 2.44. The van der Waals surface area contributed by atoms with E-state index in [9.17, 15) is 8.78 Å². The van der Waals surface area contributed by atoms with E-state index in [1.807, 2.05) is 0 Å². The van der Waals surface area contributed by atoms with Gasteiger partial charge in [0.05, 0.1) is 5.69 Å². The maximum Gasteiger partial charge on any atom is 0.220 e. The smallest absolute Gasteiger partial charge is 0.220 e. The lowest BCUT2D eigenvalue weighted by atomic mass is 9.87. The van der Waals surface area contributed by atoms with Crippen molar-refractivity contribution in [2.45, 2.75) is 37.8 Å². The summed E-state index contributed by atoms with van der Waals surface area (Å²) in [4.78, 5) is 9.80. The molecule has 4 N–H and O–H groups in total. The van der Waals surface area contributed by atoms with Gasteiger partial charge in [0, 0.05) is 4.47 Å². The van der Waals surface area contributed by atoms with Crippen LogP contribution in [0.1, 0.15) is 37.7 Å². The van der Waals surface area contributed by atoms with Crippen molar-refractivity contribution in [3.05, 3.63) is 27.7 Å². The van der Waals surface area contributed by atoms with Crippen LogP contribution in [0.15, 0.2) is 20.5 Å². The number of halogens is 3. The zero-order valence-electron chi connectivity index (χ0n) is 12.7. The van der Waals surface area contributed by atoms with Crippen molar-refractivity contribution in [2.75, 3.05) is 4.90 Å². The number of guanidine groups is 2. The van der Waals surface area contributed by atoms with Gasteiger partial charge in [-0.25, -0.2) is 13.8 Å². The quantitative estimate of drug-likeness (QED) is 0.761. The summed E-state index contributed by atoms with van der Waals surface area (Å²) in [6, 6.07) is 2.59. The molecule has 1 saturated carbocycles. The number of rotatable bonds is 1. The fourth-order valence-corrected chi connectivity index (χ4v) is 3.88. The summed E-state index contributed by atoms with van der Waals surface area (Å²) in [5.41, 5.74) is 10.2. The standard InChI is InChI=1S/C15H15BrF2N6/c16-9-6-10(17)8(7-19)11(18)12(9)24-14(21)22-13(20)23-15(24)4-2-1-3-5-15/h6H,1-5H2,(H4,20,21,22,23). The lowest BCUT2D eigenvalue weighted by Crippen LogP contribution is -2.58. The highest BCUT2D eigenvalue weighted by molar-refractivity contribution is 9.10. The lowest BCUT2D eigenvalue weighted by Gasteiger charge is -2.46. The third-order valence-corrected chi connectivity index (χ3v) is 4.94. The molecule has 1 aliphatic carbocycles. The average molecular weight is 397 g/mol. The molecule has 0 saturated heterocycles. The maximum atomic E-state index is 14.9. The van der Waals surface area contributed by atoms with E-state index in [-0.39, 0.29) is 22.1 Å². The van der Waals surface area contributed by atoms with Crippen LogP contribution in [0, 0.1) is 23.0 Å². The zero-order valence-corrected chi connectivity index (χ0v) is 14.3. The summed E-state index contributed by atoms with van der Waals surface area (Å²) in [6.45, 7) is 0. The lowest BCUT2D eigenvalue weighted by molar-refractivity contribution is 0.303. The second-order valence-corrected chi connectivity index (χ2v) is 6.66. The molecule has 0 atom stereocenters. The van der Waals surface area contributed by atoms with Gasteiger partial charge in [-0.2, -0.15) is 10.3 Å². The molecule has 9 heteroatoms. The summed E-state index contributed by atoms with van der Waals surface area (Å²) in [5, 5.41) is 9.05. The molecule has 24 heavy (non-hydrogen) atoms. The molecule has 3 rings (SSSR count). The molecule has 0 bridgehead atoms. The predicted molar refractivity (Wildman–Crippen MR) is 90.3 cm³/mol. The Labute approximate surface area is 146 Å². The second kappa shape index (κ2) is 6.02. The first kappa shape index (κ1) is 16.6. The number of hydrogen-bond acceptors (Lipinski definition) is 6. The molecule has 1 aliphatic heterocycles. The summed E-state index contributed by atoms with van der Waals surface area (Å²) in [7, 11) is 0. The van der Waals surface area contributed by atoms with Gasteiger partial charge in [-0.15, -0.1) is 0 Å². The highest BCUT2D eigenvalue weighted by atomic mass is 79.9. The Kier molecular flexibility index (Phi) is 4.17. The van der Waals surface area contributed by atoms with E-state index in [0.29, 0.717) is 12.8 Å². The van der Waals surface area contributed by atoms with Gasteiger partial charge in [0.15, 0.2) is 5.82 Å². The van der Waals surface area contributed by atoms with E-state index in [0.717, 1.165) is 25.3 Å². The Balaban J connectivity index is 2.24. The van der Waals surface area contributed by atoms with Gasteiger partial charge in [0.1, 0.15) is 23.1 Å². The van der Waals surface area contributed by atoms with Gasteiger partial charge in [-0.1, -0.05) is 6.42 Å². The summed E-state index contributed by atoms with van der Waals surface area (Å²) in [6.07, 6.45) is 3.97. The van der Waals surface area contributed by atoms with Crippen LogP contribution in [0.5, 0.6) is 0 Å². The van der Waals surface area contributed by atoms with Gasteiger partial charge in [-0.05, 0) is 47.7 Å². The topological polar surface area (TPSA) is 104 Å². The Morgan fingerprint density at radius 2 is 1.92 bits per heavy atom. The van der Waals surface area contributed by atoms with Crippen molar-refractivity contribution in [3.8, 4) is 6.07 Å². The fraction of sp³-hybridized carbons (Fsp3) is 0.400. The number of benzene rings is 1. The molecule has 0 radical (unpaired) electrons. The largest absolute Gasteiger partial charge is 0.369 e. The Morgan fingerprint density at radius 1 is 1.25 bits per heavy atom. The molecule has 0 aromatic heterocycles. The molecule has 1 aromatic carbocycles. The highest BCUT2D eigenvalue weighted by Crippen LogP contribution is 2.43. The monoisotopic (exact) mass is 396 g/mol. The maximum absolute atomic E-state index is 14.9. The van der Waals surface area contributed by atoms with E-state index in [2.05, 4.69) is 25.9 Å². The van der Waals surface area contributed by atoms with Crippen molar-refractivity contribution >= 4 is 33.5 Å². The van der Waals surface area contributed by atoms with Crippen LogP contribution in [-0.4, -0.2) is 17.6 Å². The number of hydrogen-bond donors (Lipinski definition) is 2. The number of nitrogens with zero attached hydrogens (tertiary/aromatic N) is 4. The number of anilines is 1. The number of nitrogens with two attached hydrogens (primary N) is 2. The molecule has 1 fully saturated rings. The number of aliphatic imine (C=N–C) groups is 2. The van der Waals surface area contributed by atoms with E-state index in [4.69, 9.17) is 16.7 Å². The van der Waals surface area contributed by atoms with Gasteiger partial charge in [0.2, 0.25) is 11.9 Å². The molecule has 0 amide bonds. The van der Waals surface area contributed by atoms with Crippen LogP contribution in [0.3, 0.4) is 0 Å².